The van der Waals surface area contributed by atoms with Gasteiger partial charge in [-0.3, -0.25) is 0 Å². The van der Waals surface area contributed by atoms with Crippen LogP contribution in [0, 0.1) is 11.3 Å². The van der Waals surface area contributed by atoms with Crippen LogP contribution in [0.5, 0.6) is 0 Å². The number of hydrogen-bond acceptors (Lipinski definition) is 3. The topological polar surface area (TPSA) is 23.5 Å². The monoisotopic (exact) mass is 345 g/mol. The normalized spacial score (nSPS) is 26.8. The lowest BCUT2D eigenvalue weighted by atomic mass is 9.69. The summed E-state index contributed by atoms with van der Waals surface area (Å²) in [6, 6.07) is 2.18. The predicted octanol–water partition coefficient (Wildman–Crippen LogP) is 4.13. The molecule has 0 spiro atoms. The number of rotatable bonds is 4. The van der Waals surface area contributed by atoms with Gasteiger partial charge in [0.1, 0.15) is 0 Å². The molecule has 1 N–H and O–H groups in total. The molecule has 1 aromatic rings. The minimum absolute atomic E-state index is 0.0791. The lowest BCUT2D eigenvalue weighted by molar-refractivity contribution is -0.0414. The number of hydrogen-bond donors (Lipinski definition) is 1. The first-order valence-corrected chi connectivity index (χ1v) is 8.65. The molecule has 1 heterocycles. The molecule has 19 heavy (non-hydrogen) atoms. The first kappa shape index (κ1) is 15.5. The zero-order valence-electron chi connectivity index (χ0n) is 12.0. The van der Waals surface area contributed by atoms with E-state index < -0.39 is 0 Å². The number of nitrogens with zero attached hydrogens (tertiary/aromatic N) is 1. The summed E-state index contributed by atoms with van der Waals surface area (Å²) in [6.45, 7) is 6.35. The molecule has 1 aromatic heterocycles. The van der Waals surface area contributed by atoms with Gasteiger partial charge in [-0.1, -0.05) is 20.3 Å². The Balaban J connectivity index is 1.89. The molecule has 1 aliphatic rings. The van der Waals surface area contributed by atoms with Gasteiger partial charge >= 0.3 is 0 Å². The maximum absolute atomic E-state index is 10.5. The van der Waals surface area contributed by atoms with Crippen molar-refractivity contribution in [3.05, 3.63) is 20.8 Å². The molecule has 2 unspecified atom stereocenters. The van der Waals surface area contributed by atoms with Crippen LogP contribution in [0.25, 0.3) is 0 Å². The molecule has 2 rings (SSSR count). The van der Waals surface area contributed by atoms with E-state index in [4.69, 9.17) is 0 Å². The zero-order valence-corrected chi connectivity index (χ0v) is 14.4. The molecule has 0 radical (unpaired) electrons. The highest BCUT2D eigenvalue weighted by Crippen LogP contribution is 2.39. The fraction of sp³-hybridized carbons (Fsp3) is 0.733. The molecule has 2 nitrogen and oxygen atoms in total. The van der Waals surface area contributed by atoms with Crippen LogP contribution in [0.4, 0.5) is 0 Å². The summed E-state index contributed by atoms with van der Waals surface area (Å²) in [7, 11) is 2.15. The molecule has 0 aliphatic heterocycles. The van der Waals surface area contributed by atoms with E-state index in [1.165, 1.54) is 15.8 Å². The van der Waals surface area contributed by atoms with Crippen LogP contribution < -0.4 is 0 Å². The summed E-state index contributed by atoms with van der Waals surface area (Å²) in [6.07, 6.45) is 3.38. The van der Waals surface area contributed by atoms with Gasteiger partial charge in [0.25, 0.3) is 0 Å². The van der Waals surface area contributed by atoms with Gasteiger partial charge in [0, 0.05) is 27.8 Å². The smallest absolute Gasteiger partial charge is 0.0631 e. The molecule has 0 amide bonds. The third kappa shape index (κ3) is 4.03. The second-order valence-corrected chi connectivity index (χ2v) is 8.43. The van der Waals surface area contributed by atoms with Gasteiger partial charge in [-0.25, -0.2) is 0 Å². The van der Waals surface area contributed by atoms with Gasteiger partial charge in [-0.15, -0.1) is 11.3 Å². The minimum atomic E-state index is -0.168. The van der Waals surface area contributed by atoms with Gasteiger partial charge in [-0.2, -0.15) is 0 Å². The molecule has 1 aliphatic carbocycles. The average Bonchev–Trinajstić information content (AvgIpc) is 2.70. The molecular formula is C15H24BrNOS. The Kier molecular flexibility index (Phi) is 5.09. The van der Waals surface area contributed by atoms with Crippen molar-refractivity contribution in [1.29, 1.82) is 0 Å². The highest BCUT2D eigenvalue weighted by molar-refractivity contribution is 9.10. The SMILES string of the molecule is CN(Cc1cc(Br)cs1)CC1CCCC(C)(C)C1O. The Morgan fingerprint density at radius 3 is 2.89 bits per heavy atom. The minimum Gasteiger partial charge on any atom is -0.392 e. The van der Waals surface area contributed by atoms with Crippen molar-refractivity contribution >= 4 is 27.3 Å². The quantitative estimate of drug-likeness (QED) is 0.886. The lowest BCUT2D eigenvalue weighted by Crippen LogP contribution is -2.44. The van der Waals surface area contributed by atoms with Crippen molar-refractivity contribution in [3.63, 3.8) is 0 Å². The third-order valence-electron chi connectivity index (χ3n) is 4.24. The van der Waals surface area contributed by atoms with Crippen molar-refractivity contribution in [1.82, 2.24) is 4.90 Å². The number of halogens is 1. The fourth-order valence-corrected chi connectivity index (χ4v) is 4.65. The Bertz CT molecular complexity index is 418. The molecule has 4 heteroatoms. The van der Waals surface area contributed by atoms with Crippen LogP contribution in [0.15, 0.2) is 15.9 Å². The highest BCUT2D eigenvalue weighted by Gasteiger charge is 2.37. The summed E-state index contributed by atoms with van der Waals surface area (Å²) in [5.74, 6) is 0.414. The van der Waals surface area contributed by atoms with E-state index in [1.807, 2.05) is 0 Å². The summed E-state index contributed by atoms with van der Waals surface area (Å²) in [5, 5.41) is 12.6. The first-order valence-electron chi connectivity index (χ1n) is 6.98. The van der Waals surface area contributed by atoms with Crippen LogP contribution in [0.1, 0.15) is 38.0 Å². The van der Waals surface area contributed by atoms with Crippen molar-refractivity contribution < 1.29 is 5.11 Å². The first-order chi connectivity index (χ1) is 8.88. The van der Waals surface area contributed by atoms with Gasteiger partial charge < -0.3 is 10.0 Å². The summed E-state index contributed by atoms with van der Waals surface area (Å²) in [4.78, 5) is 3.71. The van der Waals surface area contributed by atoms with Crippen molar-refractivity contribution in [2.75, 3.05) is 13.6 Å². The molecule has 1 saturated carbocycles. The van der Waals surface area contributed by atoms with E-state index in [1.54, 1.807) is 11.3 Å². The highest BCUT2D eigenvalue weighted by atomic mass is 79.9. The summed E-state index contributed by atoms with van der Waals surface area (Å²) < 4.78 is 1.17. The molecule has 0 bridgehead atoms. The molecule has 0 aromatic carbocycles. The Morgan fingerprint density at radius 1 is 1.53 bits per heavy atom. The number of aliphatic hydroxyl groups excluding tert-OH is 1. The van der Waals surface area contributed by atoms with Crippen LogP contribution in [0.2, 0.25) is 0 Å². The molecule has 0 saturated heterocycles. The van der Waals surface area contributed by atoms with E-state index in [-0.39, 0.29) is 11.5 Å². The third-order valence-corrected chi connectivity index (χ3v) is 5.92. The van der Waals surface area contributed by atoms with Crippen molar-refractivity contribution in [2.24, 2.45) is 11.3 Å². The molecular weight excluding hydrogens is 322 g/mol. The summed E-state index contributed by atoms with van der Waals surface area (Å²) >= 11 is 5.29. The van der Waals surface area contributed by atoms with E-state index in [9.17, 15) is 5.11 Å². The average molecular weight is 346 g/mol. The van der Waals surface area contributed by atoms with Crippen LogP contribution in [-0.4, -0.2) is 29.7 Å². The Morgan fingerprint density at radius 2 is 2.26 bits per heavy atom. The van der Waals surface area contributed by atoms with Crippen LogP contribution in [-0.2, 0) is 6.54 Å². The number of thiophene rings is 1. The van der Waals surface area contributed by atoms with Crippen molar-refractivity contribution in [3.8, 4) is 0 Å². The predicted molar refractivity (Wildman–Crippen MR) is 85.5 cm³/mol. The maximum atomic E-state index is 10.5. The van der Waals surface area contributed by atoms with Gasteiger partial charge in [0.05, 0.1) is 6.10 Å². The second-order valence-electron chi connectivity index (χ2n) is 6.51. The van der Waals surface area contributed by atoms with E-state index in [0.29, 0.717) is 5.92 Å². The standard InChI is InChI=1S/C15H24BrNOS/c1-15(2)6-4-5-11(14(15)18)8-17(3)9-13-7-12(16)10-19-13/h7,10-11,14,18H,4-6,8-9H2,1-3H3. The lowest BCUT2D eigenvalue weighted by Gasteiger charge is -2.42. The van der Waals surface area contributed by atoms with Gasteiger partial charge in [0.2, 0.25) is 0 Å². The largest absolute Gasteiger partial charge is 0.392 e. The van der Waals surface area contributed by atoms with Crippen LogP contribution >= 0.6 is 27.3 Å². The molecule has 2 atom stereocenters. The Hall–Kier alpha value is 0.1000. The summed E-state index contributed by atoms with van der Waals surface area (Å²) in [5.41, 5.74) is 0.0791. The number of aliphatic hydroxyl groups is 1. The van der Waals surface area contributed by atoms with E-state index >= 15 is 0 Å². The van der Waals surface area contributed by atoms with E-state index in [2.05, 4.69) is 53.2 Å². The molecule has 1 fully saturated rings. The van der Waals surface area contributed by atoms with E-state index in [0.717, 1.165) is 25.9 Å². The Labute approximate surface area is 129 Å². The maximum Gasteiger partial charge on any atom is 0.0631 e. The second kappa shape index (κ2) is 6.25. The molecule has 108 valence electrons. The fourth-order valence-electron chi connectivity index (χ4n) is 3.12. The van der Waals surface area contributed by atoms with Crippen molar-refractivity contribution in [2.45, 2.75) is 45.8 Å². The van der Waals surface area contributed by atoms with Gasteiger partial charge in [0.15, 0.2) is 0 Å². The van der Waals surface area contributed by atoms with Gasteiger partial charge in [-0.05, 0) is 53.2 Å². The van der Waals surface area contributed by atoms with Crippen LogP contribution in [0.3, 0.4) is 0 Å². The zero-order chi connectivity index (χ0) is 14.0.